The Bertz CT molecular complexity index is 1320. The lowest BCUT2D eigenvalue weighted by atomic mass is 10.1. The number of nitrogens with one attached hydrogen (secondary N) is 1. The second-order valence-corrected chi connectivity index (χ2v) is 6.93. The molecule has 0 saturated carbocycles. The van der Waals surface area contributed by atoms with Gasteiger partial charge in [0, 0.05) is 11.3 Å². The molecular formula is C20H14N6OS. The minimum atomic E-state index is -0.201. The Hall–Kier alpha value is -3.65. The number of nitrogens with zero attached hydrogens (tertiary/aromatic N) is 5. The first-order chi connectivity index (χ1) is 13.7. The van der Waals surface area contributed by atoms with Crippen LogP contribution in [0, 0.1) is 6.92 Å². The summed E-state index contributed by atoms with van der Waals surface area (Å²) < 4.78 is 8.35. The van der Waals surface area contributed by atoms with E-state index in [-0.39, 0.29) is 5.91 Å². The topological polar surface area (TPSA) is 85.6 Å². The van der Waals surface area contributed by atoms with Crippen molar-refractivity contribution in [1.82, 2.24) is 23.7 Å². The zero-order chi connectivity index (χ0) is 19.1. The molecule has 0 bridgehead atoms. The van der Waals surface area contributed by atoms with Gasteiger partial charge < -0.3 is 5.32 Å². The molecule has 1 N–H and O–H groups in total. The average Bonchev–Trinajstić information content (AvgIpc) is 3.34. The van der Waals surface area contributed by atoms with Gasteiger partial charge in [-0.05, 0) is 55.0 Å². The van der Waals surface area contributed by atoms with Crippen LogP contribution in [0.15, 0.2) is 60.7 Å². The van der Waals surface area contributed by atoms with Crippen LogP contribution in [0.2, 0.25) is 0 Å². The van der Waals surface area contributed by atoms with Crippen LogP contribution in [-0.4, -0.2) is 29.6 Å². The second-order valence-electron chi connectivity index (χ2n) is 6.40. The smallest absolute Gasteiger partial charge is 0.255 e. The molecule has 7 nitrogen and oxygen atoms in total. The molecule has 3 aromatic carbocycles. The number of fused-ring (bicyclic) bond motifs is 2. The van der Waals surface area contributed by atoms with Crippen LogP contribution < -0.4 is 5.32 Å². The molecule has 1 amide bonds. The van der Waals surface area contributed by atoms with Gasteiger partial charge in [0.25, 0.3) is 5.91 Å². The fraction of sp³-hybridized carbons (Fsp3) is 0.0500. The zero-order valence-electron chi connectivity index (χ0n) is 14.8. The molecule has 28 heavy (non-hydrogen) atoms. The summed E-state index contributed by atoms with van der Waals surface area (Å²) in [4.78, 5) is 14.3. The van der Waals surface area contributed by atoms with E-state index in [2.05, 4.69) is 24.3 Å². The van der Waals surface area contributed by atoms with Crippen molar-refractivity contribution in [2.75, 3.05) is 5.32 Å². The number of carbonyl (C=O) groups excluding carboxylic acids is 1. The van der Waals surface area contributed by atoms with E-state index in [1.165, 1.54) is 0 Å². The molecule has 8 heteroatoms. The van der Waals surface area contributed by atoms with Crippen molar-refractivity contribution in [1.29, 1.82) is 0 Å². The Labute approximate surface area is 164 Å². The van der Waals surface area contributed by atoms with Crippen LogP contribution in [0.25, 0.3) is 27.8 Å². The van der Waals surface area contributed by atoms with Crippen molar-refractivity contribution in [3.8, 4) is 5.69 Å². The van der Waals surface area contributed by atoms with Gasteiger partial charge in [-0.2, -0.15) is 13.5 Å². The van der Waals surface area contributed by atoms with E-state index >= 15 is 0 Å². The Morgan fingerprint density at radius 1 is 0.893 bits per heavy atom. The number of benzene rings is 3. The highest BCUT2D eigenvalue weighted by atomic mass is 32.1. The minimum Gasteiger partial charge on any atom is -0.322 e. The number of aryl methyl sites for hydroxylation is 1. The highest BCUT2D eigenvalue weighted by Gasteiger charge is 2.13. The van der Waals surface area contributed by atoms with E-state index in [4.69, 9.17) is 0 Å². The first-order valence-corrected chi connectivity index (χ1v) is 9.37. The summed E-state index contributed by atoms with van der Waals surface area (Å²) in [5, 5.41) is 12.0. The minimum absolute atomic E-state index is 0.201. The predicted molar refractivity (Wildman–Crippen MR) is 109 cm³/mol. The fourth-order valence-electron chi connectivity index (χ4n) is 3.00. The Morgan fingerprint density at radius 2 is 1.64 bits per heavy atom. The molecule has 0 atom stereocenters. The van der Waals surface area contributed by atoms with E-state index in [0.717, 1.165) is 39.5 Å². The Balaban J connectivity index is 1.48. The number of hydrogen-bond acceptors (Lipinski definition) is 6. The summed E-state index contributed by atoms with van der Waals surface area (Å²) in [7, 11) is 0. The fourth-order valence-corrected chi connectivity index (χ4v) is 3.51. The molecule has 5 aromatic rings. The molecule has 0 aliphatic heterocycles. The van der Waals surface area contributed by atoms with Crippen LogP contribution >= 0.6 is 11.7 Å². The van der Waals surface area contributed by atoms with Crippen LogP contribution in [0.5, 0.6) is 0 Å². The van der Waals surface area contributed by atoms with Crippen LogP contribution in [0.1, 0.15) is 15.9 Å². The summed E-state index contributed by atoms with van der Waals surface area (Å²) in [5.74, 6) is -0.201. The normalized spacial score (nSPS) is 11.2. The SMILES string of the molecule is Cc1cc2nn(-c3ccccc3)nc2cc1NC(=O)c1ccc2nsnc2c1. The molecule has 0 aliphatic rings. The average molecular weight is 386 g/mol. The van der Waals surface area contributed by atoms with E-state index in [1.54, 1.807) is 23.0 Å². The Morgan fingerprint density at radius 3 is 2.46 bits per heavy atom. The molecule has 0 saturated heterocycles. The lowest BCUT2D eigenvalue weighted by Gasteiger charge is -2.08. The highest BCUT2D eigenvalue weighted by molar-refractivity contribution is 7.00. The number of aromatic nitrogens is 5. The highest BCUT2D eigenvalue weighted by Crippen LogP contribution is 2.23. The van der Waals surface area contributed by atoms with Crippen molar-refractivity contribution in [2.45, 2.75) is 6.92 Å². The van der Waals surface area contributed by atoms with Gasteiger partial charge in [-0.25, -0.2) is 0 Å². The third-order valence-electron chi connectivity index (χ3n) is 4.48. The molecule has 0 unspecified atom stereocenters. The lowest BCUT2D eigenvalue weighted by molar-refractivity contribution is 0.102. The third kappa shape index (κ3) is 2.89. The molecule has 0 aliphatic carbocycles. The van der Waals surface area contributed by atoms with E-state index in [1.807, 2.05) is 49.4 Å². The number of anilines is 1. The van der Waals surface area contributed by atoms with Crippen molar-refractivity contribution >= 4 is 45.4 Å². The molecule has 0 spiro atoms. The van der Waals surface area contributed by atoms with E-state index < -0.39 is 0 Å². The number of para-hydroxylation sites is 1. The van der Waals surface area contributed by atoms with Crippen LogP contribution in [0.3, 0.4) is 0 Å². The summed E-state index contributed by atoms with van der Waals surface area (Å²) in [6, 6.07) is 18.8. The molecule has 0 radical (unpaired) electrons. The summed E-state index contributed by atoms with van der Waals surface area (Å²) in [6.45, 7) is 1.93. The van der Waals surface area contributed by atoms with E-state index in [0.29, 0.717) is 16.8 Å². The van der Waals surface area contributed by atoms with Crippen LogP contribution in [0.4, 0.5) is 5.69 Å². The molecule has 0 fully saturated rings. The summed E-state index contributed by atoms with van der Waals surface area (Å²) >= 11 is 1.13. The van der Waals surface area contributed by atoms with Gasteiger partial charge in [-0.3, -0.25) is 4.79 Å². The van der Waals surface area contributed by atoms with Gasteiger partial charge in [-0.1, -0.05) is 18.2 Å². The standard InChI is InChI=1S/C20H14N6OS/c1-12-9-17-18(23-26(22-17)14-5-3-2-4-6-14)11-16(12)21-20(27)13-7-8-15-19(10-13)25-28-24-15/h2-11H,1H3,(H,21,27). The summed E-state index contributed by atoms with van der Waals surface area (Å²) in [6.07, 6.45) is 0. The van der Waals surface area contributed by atoms with Crippen LogP contribution in [-0.2, 0) is 0 Å². The summed E-state index contributed by atoms with van der Waals surface area (Å²) in [5.41, 5.74) is 6.02. The second kappa shape index (κ2) is 6.50. The molecule has 5 rings (SSSR count). The zero-order valence-corrected chi connectivity index (χ0v) is 15.6. The quantitative estimate of drug-likeness (QED) is 0.507. The lowest BCUT2D eigenvalue weighted by Crippen LogP contribution is -2.12. The third-order valence-corrected chi connectivity index (χ3v) is 5.03. The number of amides is 1. The monoisotopic (exact) mass is 386 g/mol. The molecule has 2 heterocycles. The largest absolute Gasteiger partial charge is 0.322 e. The van der Waals surface area contributed by atoms with Gasteiger partial charge in [0.1, 0.15) is 22.1 Å². The Kier molecular flexibility index (Phi) is 3.84. The number of rotatable bonds is 3. The van der Waals surface area contributed by atoms with Crippen molar-refractivity contribution in [2.24, 2.45) is 0 Å². The molecule has 136 valence electrons. The van der Waals surface area contributed by atoms with Gasteiger partial charge >= 0.3 is 0 Å². The van der Waals surface area contributed by atoms with Crippen molar-refractivity contribution in [3.63, 3.8) is 0 Å². The number of hydrogen-bond donors (Lipinski definition) is 1. The van der Waals surface area contributed by atoms with Gasteiger partial charge in [0.05, 0.1) is 17.4 Å². The van der Waals surface area contributed by atoms with Crippen molar-refractivity contribution in [3.05, 3.63) is 71.8 Å². The van der Waals surface area contributed by atoms with Crippen molar-refractivity contribution < 1.29 is 4.79 Å². The maximum atomic E-state index is 12.7. The molecular weight excluding hydrogens is 372 g/mol. The molecule has 2 aromatic heterocycles. The first-order valence-electron chi connectivity index (χ1n) is 8.64. The van der Waals surface area contributed by atoms with Gasteiger partial charge in [0.15, 0.2) is 0 Å². The predicted octanol–water partition coefficient (Wildman–Crippen LogP) is 3.99. The maximum Gasteiger partial charge on any atom is 0.255 e. The number of carbonyl (C=O) groups is 1. The first kappa shape index (κ1) is 16.5. The van der Waals surface area contributed by atoms with Gasteiger partial charge in [-0.15, -0.1) is 10.2 Å². The maximum absolute atomic E-state index is 12.7. The van der Waals surface area contributed by atoms with Gasteiger partial charge in [0.2, 0.25) is 0 Å². The van der Waals surface area contributed by atoms with E-state index in [9.17, 15) is 4.79 Å².